The molecule has 2 rings (SSSR count). The minimum atomic E-state index is -2.29. The van der Waals surface area contributed by atoms with Crippen LogP contribution < -0.4 is 11.2 Å². The number of alkyl halides is 2. The van der Waals surface area contributed by atoms with Gasteiger partial charge in [0.15, 0.2) is 22.9 Å². The summed E-state index contributed by atoms with van der Waals surface area (Å²) >= 11 is 13.5. The number of nitrogens with zero attached hydrogens (tertiary/aromatic N) is 1. The summed E-state index contributed by atoms with van der Waals surface area (Å²) in [7, 11) is -4.44. The van der Waals surface area contributed by atoms with E-state index in [-0.39, 0.29) is 22.6 Å². The van der Waals surface area contributed by atoms with Crippen molar-refractivity contribution in [2.45, 2.75) is 101 Å². The van der Waals surface area contributed by atoms with Gasteiger partial charge in [0, 0.05) is 12.3 Å². The lowest BCUT2D eigenvalue weighted by Crippen LogP contribution is -2.57. The summed E-state index contributed by atoms with van der Waals surface area (Å²) in [6.07, 6.45) is -0.0809. The normalized spacial score (nSPS) is 27.2. The van der Waals surface area contributed by atoms with Crippen molar-refractivity contribution < 1.29 is 13.6 Å². The molecule has 190 valence electrons. The van der Waals surface area contributed by atoms with Crippen LogP contribution in [-0.4, -0.2) is 55.8 Å². The predicted octanol–water partition coefficient (Wildman–Crippen LogP) is 5.06. The van der Waals surface area contributed by atoms with Crippen molar-refractivity contribution in [2.75, 3.05) is 12.5 Å². The highest BCUT2D eigenvalue weighted by atomic mass is 35.5. The molecule has 1 aliphatic heterocycles. The van der Waals surface area contributed by atoms with Gasteiger partial charge in [-0.1, -0.05) is 41.5 Å². The van der Waals surface area contributed by atoms with E-state index in [1.54, 1.807) is 0 Å². The van der Waals surface area contributed by atoms with Crippen LogP contribution in [0.15, 0.2) is 21.9 Å². The smallest absolute Gasteiger partial charge is 0.330 e. The lowest BCUT2D eigenvalue weighted by molar-refractivity contribution is -0.109. The summed E-state index contributed by atoms with van der Waals surface area (Å²) in [6, 6.07) is 1.27. The molecule has 11 heteroatoms. The third kappa shape index (κ3) is 5.87. The fourth-order valence-electron chi connectivity index (χ4n) is 3.10. The summed E-state index contributed by atoms with van der Waals surface area (Å²) in [5.74, 6) is 0.0821. The number of aromatic nitrogens is 2. The molecule has 1 fully saturated rings. The number of nitrogens with one attached hydrogen (secondary N) is 1. The van der Waals surface area contributed by atoms with Gasteiger partial charge in [0.1, 0.15) is 11.0 Å². The van der Waals surface area contributed by atoms with E-state index in [9.17, 15) is 9.59 Å². The molecule has 0 bridgehead atoms. The lowest BCUT2D eigenvalue weighted by atomic mass is 10.00. The molecule has 1 aliphatic rings. The van der Waals surface area contributed by atoms with E-state index >= 15 is 0 Å². The van der Waals surface area contributed by atoms with Crippen LogP contribution in [0.3, 0.4) is 0 Å². The summed E-state index contributed by atoms with van der Waals surface area (Å²) in [6.45, 7) is 21.8. The third-order valence-corrected chi connectivity index (χ3v) is 17.3. The van der Waals surface area contributed by atoms with E-state index in [1.807, 2.05) is 0 Å². The second-order valence-corrected chi connectivity index (χ2v) is 22.4. The molecule has 0 saturated carbocycles. The molecule has 2 heterocycles. The van der Waals surface area contributed by atoms with Crippen molar-refractivity contribution in [1.82, 2.24) is 9.55 Å². The Morgan fingerprint density at radius 3 is 2.09 bits per heavy atom. The van der Waals surface area contributed by atoms with Gasteiger partial charge >= 0.3 is 5.69 Å². The van der Waals surface area contributed by atoms with Crippen LogP contribution in [0.1, 0.15) is 47.8 Å². The van der Waals surface area contributed by atoms with Gasteiger partial charge in [0.2, 0.25) is 0 Å². The molecule has 1 aromatic rings. The van der Waals surface area contributed by atoms with Crippen LogP contribution in [-0.2, 0) is 13.6 Å². The van der Waals surface area contributed by atoms with Gasteiger partial charge in [0.25, 0.3) is 5.56 Å². The monoisotopic (exact) mass is 538 g/mol. The highest BCUT2D eigenvalue weighted by molar-refractivity contribution is 6.74. The Hall–Kier alpha value is -0.426. The summed E-state index contributed by atoms with van der Waals surface area (Å²) in [5, 5.41) is -0.802. The quantitative estimate of drug-likeness (QED) is 0.387. The largest absolute Gasteiger partial charge is 0.414 e. The summed E-state index contributed by atoms with van der Waals surface area (Å²) in [5.41, 5.74) is -2.14. The number of hydrogen-bond donors (Lipinski definition) is 1. The van der Waals surface area contributed by atoms with Gasteiger partial charge in [-0.25, -0.2) is 4.79 Å². The van der Waals surface area contributed by atoms with Gasteiger partial charge in [-0.15, -0.1) is 23.2 Å². The van der Waals surface area contributed by atoms with Crippen molar-refractivity contribution in [3.05, 3.63) is 33.1 Å². The SMILES string of the molecule is CC(C)(C)[Si](C)(C)OC[C@@]1(CCl)O[C@@H](n2ccc(=O)[nH]c2=O)[C@@H](Cl)[C@@H]1O[Si](C)(C)C(C)(C)C. The number of rotatable bonds is 7. The fourth-order valence-corrected chi connectivity index (χ4v) is 6.32. The molecule has 0 spiro atoms. The van der Waals surface area contributed by atoms with Crippen molar-refractivity contribution >= 4 is 39.8 Å². The Morgan fingerprint density at radius 1 is 1.09 bits per heavy atom. The van der Waals surface area contributed by atoms with Crippen LogP contribution in [0.5, 0.6) is 0 Å². The first kappa shape index (κ1) is 28.8. The first-order chi connectivity index (χ1) is 14.8. The topological polar surface area (TPSA) is 82.5 Å². The van der Waals surface area contributed by atoms with Crippen LogP contribution in [0, 0.1) is 0 Å². The van der Waals surface area contributed by atoms with E-state index in [0.29, 0.717) is 0 Å². The van der Waals surface area contributed by atoms with Crippen molar-refractivity contribution in [2.24, 2.45) is 0 Å². The maximum atomic E-state index is 12.6. The summed E-state index contributed by atoms with van der Waals surface area (Å²) < 4.78 is 21.1. The fraction of sp³-hybridized carbons (Fsp3) is 0.818. The van der Waals surface area contributed by atoms with Crippen molar-refractivity contribution in [3.63, 3.8) is 0 Å². The molecular formula is C22H40Cl2N2O5Si2. The maximum absolute atomic E-state index is 12.6. The Labute approximate surface area is 209 Å². The van der Waals surface area contributed by atoms with Crippen LogP contribution in [0.2, 0.25) is 36.3 Å². The Bertz CT molecular complexity index is 952. The van der Waals surface area contributed by atoms with E-state index in [2.05, 4.69) is 72.7 Å². The van der Waals surface area contributed by atoms with Gasteiger partial charge in [0.05, 0.1) is 18.6 Å². The summed E-state index contributed by atoms with van der Waals surface area (Å²) in [4.78, 5) is 26.4. The molecule has 4 atom stereocenters. The van der Waals surface area contributed by atoms with Crippen LogP contribution in [0.25, 0.3) is 0 Å². The molecule has 0 radical (unpaired) electrons. The van der Waals surface area contributed by atoms with E-state index < -0.39 is 51.2 Å². The van der Waals surface area contributed by atoms with Gasteiger partial charge in [-0.2, -0.15) is 0 Å². The predicted molar refractivity (Wildman–Crippen MR) is 140 cm³/mol. The number of H-pyrrole nitrogens is 1. The van der Waals surface area contributed by atoms with Gasteiger partial charge in [-0.3, -0.25) is 14.3 Å². The minimum absolute atomic E-state index is 0.00941. The zero-order valence-corrected chi connectivity index (χ0v) is 25.1. The van der Waals surface area contributed by atoms with Crippen LogP contribution >= 0.6 is 23.2 Å². The number of halogens is 2. The number of ether oxygens (including phenoxy) is 1. The van der Waals surface area contributed by atoms with Crippen LogP contribution in [0.4, 0.5) is 0 Å². The molecule has 0 aliphatic carbocycles. The lowest BCUT2D eigenvalue weighted by Gasteiger charge is -2.44. The van der Waals surface area contributed by atoms with Gasteiger partial charge in [-0.05, 0) is 36.3 Å². The van der Waals surface area contributed by atoms with E-state index in [0.717, 1.165) is 0 Å². The Kier molecular flexibility index (Phi) is 8.34. The highest BCUT2D eigenvalue weighted by Crippen LogP contribution is 2.48. The molecule has 0 amide bonds. The van der Waals surface area contributed by atoms with E-state index in [4.69, 9.17) is 36.8 Å². The van der Waals surface area contributed by atoms with E-state index in [1.165, 1.54) is 16.8 Å². The highest BCUT2D eigenvalue weighted by Gasteiger charge is 2.59. The Morgan fingerprint density at radius 2 is 1.64 bits per heavy atom. The zero-order chi connectivity index (χ0) is 25.6. The van der Waals surface area contributed by atoms with Gasteiger partial charge < -0.3 is 13.6 Å². The average Bonchev–Trinajstić information content (AvgIpc) is 2.91. The minimum Gasteiger partial charge on any atom is -0.414 e. The zero-order valence-electron chi connectivity index (χ0n) is 21.5. The standard InChI is InChI=1S/C22H40Cl2N2O5Si2/c1-20(2,3)32(7,8)29-14-22(13-23)17(31-33(9,10)21(4,5)6)16(24)18(30-22)26-12-11-15(27)25-19(26)28/h11-12,16-18H,13-14H2,1-10H3,(H,25,27,28)/t16-,17-,18+,22+/m0/s1. The molecule has 1 saturated heterocycles. The average molecular weight is 540 g/mol. The second-order valence-electron chi connectivity index (χ2n) is 12.0. The molecule has 7 nitrogen and oxygen atoms in total. The maximum Gasteiger partial charge on any atom is 0.330 e. The van der Waals surface area contributed by atoms with Crippen molar-refractivity contribution in [1.29, 1.82) is 0 Å². The molecule has 0 aromatic carbocycles. The third-order valence-electron chi connectivity index (χ3n) is 7.50. The second kappa shape index (κ2) is 9.56. The molecule has 1 N–H and O–H groups in total. The first-order valence-electron chi connectivity index (χ1n) is 11.3. The van der Waals surface area contributed by atoms with Crippen molar-refractivity contribution in [3.8, 4) is 0 Å². The Balaban J connectivity index is 2.54. The molecule has 33 heavy (non-hydrogen) atoms. The first-order valence-corrected chi connectivity index (χ1v) is 18.1. The number of aromatic amines is 1. The molecular weight excluding hydrogens is 499 g/mol. The molecule has 0 unspecified atom stereocenters. The molecule has 1 aromatic heterocycles. The number of hydrogen-bond acceptors (Lipinski definition) is 5.